The number of para-hydroxylation sites is 2. The maximum absolute atomic E-state index is 3.32. The Morgan fingerprint density at radius 1 is 0.327 bits per heavy atom. The normalized spacial score (nSPS) is 10.6. The lowest BCUT2D eigenvalue weighted by molar-refractivity contribution is 1.18. The van der Waals surface area contributed by atoms with Crippen LogP contribution >= 0.6 is 0 Å². The van der Waals surface area contributed by atoms with Crippen LogP contribution in [0.2, 0.25) is 0 Å². The molecule has 0 spiro atoms. The van der Waals surface area contributed by atoms with Crippen molar-refractivity contribution >= 4 is 21.8 Å². The molecule has 246 valence electrons. The molecule has 1 aromatic heterocycles. The Bertz CT molecular complexity index is 2620. The first-order valence-corrected chi connectivity index (χ1v) is 17.7. The summed E-state index contributed by atoms with van der Waals surface area (Å²) in [6.45, 7) is 2.11. The summed E-state index contributed by atoms with van der Waals surface area (Å²) in [5.74, 6) is 6.63. The minimum Gasteiger partial charge on any atom is -0.309 e. The molecule has 8 aromatic carbocycles. The Labute approximate surface area is 306 Å². The van der Waals surface area contributed by atoms with E-state index < -0.39 is 0 Å². The molecule has 1 heteroatoms. The van der Waals surface area contributed by atoms with Crippen molar-refractivity contribution in [3.8, 4) is 50.9 Å². The van der Waals surface area contributed by atoms with Gasteiger partial charge in [-0.1, -0.05) is 175 Å². The third-order valence-corrected chi connectivity index (χ3v) is 9.41. The first-order valence-electron chi connectivity index (χ1n) is 17.7. The van der Waals surface area contributed by atoms with Crippen LogP contribution in [-0.4, -0.2) is 4.57 Å². The van der Waals surface area contributed by atoms with Gasteiger partial charge in [-0.25, -0.2) is 0 Å². The maximum Gasteiger partial charge on any atom is 0.0547 e. The number of benzene rings is 8. The Morgan fingerprint density at radius 3 is 1.29 bits per heavy atom. The van der Waals surface area contributed by atoms with Crippen molar-refractivity contribution in [2.75, 3.05) is 0 Å². The molecule has 0 unspecified atom stereocenters. The van der Waals surface area contributed by atoms with Gasteiger partial charge in [0, 0.05) is 27.6 Å². The Balaban J connectivity index is 0.000000250. The number of hydrogen-bond acceptors (Lipinski definition) is 0. The van der Waals surface area contributed by atoms with Crippen LogP contribution < -0.4 is 0 Å². The topological polar surface area (TPSA) is 4.93 Å². The highest BCUT2D eigenvalue weighted by Crippen LogP contribution is 2.34. The minimum absolute atomic E-state index is 1.00. The van der Waals surface area contributed by atoms with Crippen LogP contribution in [0.3, 0.4) is 0 Å². The smallest absolute Gasteiger partial charge is 0.0547 e. The first-order chi connectivity index (χ1) is 25.7. The van der Waals surface area contributed by atoms with E-state index in [-0.39, 0.29) is 0 Å². The molecule has 0 bridgehead atoms. The highest BCUT2D eigenvalue weighted by atomic mass is 15.0. The molecule has 0 radical (unpaired) electrons. The lowest BCUT2D eigenvalue weighted by Crippen LogP contribution is -1.93. The number of hydrogen-bond donors (Lipinski definition) is 0. The monoisotopic (exact) mass is 663 g/mol. The average molecular weight is 664 g/mol. The molecule has 9 aromatic rings. The molecule has 0 amide bonds. The minimum atomic E-state index is 1.00. The molecule has 0 aliphatic carbocycles. The van der Waals surface area contributed by atoms with Gasteiger partial charge in [0.2, 0.25) is 0 Å². The molecular formula is C51H37N. The van der Waals surface area contributed by atoms with Gasteiger partial charge in [0.05, 0.1) is 11.0 Å². The second kappa shape index (κ2) is 14.9. The van der Waals surface area contributed by atoms with Gasteiger partial charge in [0.1, 0.15) is 0 Å². The van der Waals surface area contributed by atoms with Crippen LogP contribution in [0.1, 0.15) is 16.7 Å². The van der Waals surface area contributed by atoms with Gasteiger partial charge in [-0.3, -0.25) is 0 Å². The fourth-order valence-corrected chi connectivity index (χ4v) is 6.65. The first kappa shape index (κ1) is 32.3. The van der Waals surface area contributed by atoms with Gasteiger partial charge in [0.15, 0.2) is 0 Å². The second-order valence-corrected chi connectivity index (χ2v) is 12.9. The molecule has 0 aliphatic heterocycles. The second-order valence-electron chi connectivity index (χ2n) is 12.9. The van der Waals surface area contributed by atoms with E-state index in [2.05, 4.69) is 217 Å². The summed E-state index contributed by atoms with van der Waals surface area (Å²) in [7, 11) is 0. The molecule has 52 heavy (non-hydrogen) atoms. The Morgan fingerprint density at radius 2 is 0.731 bits per heavy atom. The molecule has 0 aliphatic rings. The zero-order valence-corrected chi connectivity index (χ0v) is 29.1. The van der Waals surface area contributed by atoms with Crippen molar-refractivity contribution in [1.29, 1.82) is 0 Å². The molecule has 9 rings (SSSR count). The van der Waals surface area contributed by atoms with Crippen molar-refractivity contribution < 1.29 is 0 Å². The van der Waals surface area contributed by atoms with E-state index in [0.29, 0.717) is 0 Å². The fraction of sp³-hybridized carbons (Fsp3) is 0.0196. The van der Waals surface area contributed by atoms with Crippen molar-refractivity contribution in [2.45, 2.75) is 6.92 Å². The van der Waals surface area contributed by atoms with Crippen LogP contribution in [0, 0.1) is 18.8 Å². The molecule has 1 nitrogen and oxygen atoms in total. The summed E-state index contributed by atoms with van der Waals surface area (Å²) >= 11 is 0. The number of aromatic nitrogens is 1. The van der Waals surface area contributed by atoms with E-state index in [1.165, 1.54) is 66.4 Å². The van der Waals surface area contributed by atoms with E-state index in [9.17, 15) is 0 Å². The number of rotatable bonds is 4. The van der Waals surface area contributed by atoms with Crippen LogP contribution in [0.25, 0.3) is 60.9 Å². The number of nitrogens with zero attached hydrogens (tertiary/aromatic N) is 1. The molecule has 0 N–H and O–H groups in total. The zero-order chi connectivity index (χ0) is 35.1. The molecule has 1 heterocycles. The quantitative estimate of drug-likeness (QED) is 0.165. The van der Waals surface area contributed by atoms with Crippen molar-refractivity contribution in [3.63, 3.8) is 0 Å². The summed E-state index contributed by atoms with van der Waals surface area (Å²) in [6, 6.07) is 72.4. The third kappa shape index (κ3) is 7.06. The third-order valence-electron chi connectivity index (χ3n) is 9.41. The maximum atomic E-state index is 3.32. The predicted octanol–water partition coefficient (Wildman–Crippen LogP) is 13.2. The Hall–Kier alpha value is -6.88. The van der Waals surface area contributed by atoms with Crippen LogP contribution in [0.5, 0.6) is 0 Å². The Kier molecular flexibility index (Phi) is 9.28. The van der Waals surface area contributed by atoms with E-state index in [1.807, 2.05) is 12.1 Å². The van der Waals surface area contributed by atoms with Crippen molar-refractivity contribution in [3.05, 3.63) is 223 Å². The number of fused-ring (bicyclic) bond motifs is 3. The zero-order valence-electron chi connectivity index (χ0n) is 29.1. The lowest BCUT2D eigenvalue weighted by Gasteiger charge is -2.09. The molecule has 0 atom stereocenters. The summed E-state index contributed by atoms with van der Waals surface area (Å²) < 4.78 is 2.36. The summed E-state index contributed by atoms with van der Waals surface area (Å²) in [6.07, 6.45) is 0. The summed E-state index contributed by atoms with van der Waals surface area (Å²) in [5, 5.41) is 2.53. The van der Waals surface area contributed by atoms with E-state index >= 15 is 0 Å². The molecule has 0 fully saturated rings. The van der Waals surface area contributed by atoms with Crippen LogP contribution in [-0.2, 0) is 0 Å². The van der Waals surface area contributed by atoms with E-state index in [4.69, 9.17) is 0 Å². The fourth-order valence-electron chi connectivity index (χ4n) is 6.65. The highest BCUT2D eigenvalue weighted by molar-refractivity contribution is 6.10. The van der Waals surface area contributed by atoms with Crippen LogP contribution in [0.15, 0.2) is 206 Å². The molecule has 0 saturated carbocycles. The predicted molar refractivity (Wildman–Crippen MR) is 221 cm³/mol. The summed E-state index contributed by atoms with van der Waals surface area (Å²) in [5.41, 5.74) is 14.3. The van der Waals surface area contributed by atoms with Crippen molar-refractivity contribution in [1.82, 2.24) is 4.57 Å². The highest BCUT2D eigenvalue weighted by Gasteiger charge is 2.13. The van der Waals surface area contributed by atoms with E-state index in [1.54, 1.807) is 0 Å². The standard InChI is InChI=1S/C38H25N.C13H12/c1-3-9-30(10-4-1)31-21-17-28(18-22-31)15-16-29-19-23-32(24-20-29)33-25-26-36-35-13-7-8-14-37(35)39(38(36)27-33)34-11-5-2-6-12-34;1-11-7-9-13(10-8-11)12-5-3-2-4-6-12/h1-14,17-27H;2-10H,1H3. The summed E-state index contributed by atoms with van der Waals surface area (Å²) in [4.78, 5) is 0. The average Bonchev–Trinajstić information content (AvgIpc) is 3.56. The SMILES string of the molecule is C(#Cc1ccc(-c2ccc3c4ccccc4n(-c4ccccc4)c3c2)cc1)c1ccc(-c2ccccc2)cc1.Cc1ccc(-c2ccccc2)cc1. The molecular weight excluding hydrogens is 627 g/mol. The van der Waals surface area contributed by atoms with Crippen molar-refractivity contribution in [2.24, 2.45) is 0 Å². The van der Waals surface area contributed by atoms with E-state index in [0.717, 1.165) is 11.1 Å². The molecule has 0 saturated heterocycles. The van der Waals surface area contributed by atoms with Gasteiger partial charge < -0.3 is 4.57 Å². The lowest BCUT2D eigenvalue weighted by atomic mass is 10.0. The van der Waals surface area contributed by atoms with Gasteiger partial charge in [0.25, 0.3) is 0 Å². The van der Waals surface area contributed by atoms with Gasteiger partial charge in [-0.15, -0.1) is 0 Å². The largest absolute Gasteiger partial charge is 0.309 e. The van der Waals surface area contributed by atoms with Crippen LogP contribution in [0.4, 0.5) is 0 Å². The van der Waals surface area contributed by atoms with Gasteiger partial charge in [-0.2, -0.15) is 0 Å². The number of aryl methyl sites for hydroxylation is 1. The van der Waals surface area contributed by atoms with Gasteiger partial charge in [-0.05, 0) is 88.8 Å². The van der Waals surface area contributed by atoms with Gasteiger partial charge >= 0.3 is 0 Å².